The lowest BCUT2D eigenvalue weighted by Gasteiger charge is -2.16. The molecule has 0 fully saturated rings. The van der Waals surface area contributed by atoms with Crippen molar-refractivity contribution in [3.05, 3.63) is 105 Å². The normalized spacial score (nSPS) is 13.9. The fourth-order valence-electron chi connectivity index (χ4n) is 3.60. The highest BCUT2D eigenvalue weighted by molar-refractivity contribution is 6.36. The van der Waals surface area contributed by atoms with Crippen LogP contribution < -0.4 is 5.32 Å². The Morgan fingerprint density at radius 1 is 0.806 bits per heavy atom. The largest absolute Gasteiger partial charge is 0.350 e. The standard InChI is InChI=1S/C26H23ClN2O2/c1-16-5-8-19(9-6-16)15-29-25(30)23(20-10-12-21(27)13-11-20)24(26(29)31)28-22-14-17(2)4-7-18(22)3/h4-14,28H,15H2,1-3H3. The van der Waals surface area contributed by atoms with E-state index in [-0.39, 0.29) is 24.1 Å². The van der Waals surface area contributed by atoms with Crippen LogP contribution in [0.3, 0.4) is 0 Å². The minimum Gasteiger partial charge on any atom is -0.350 e. The van der Waals surface area contributed by atoms with Gasteiger partial charge in [-0.15, -0.1) is 0 Å². The summed E-state index contributed by atoms with van der Waals surface area (Å²) in [5.74, 6) is -0.655. The number of halogens is 1. The van der Waals surface area contributed by atoms with E-state index in [1.165, 1.54) is 4.90 Å². The molecule has 1 aliphatic rings. The van der Waals surface area contributed by atoms with Gasteiger partial charge >= 0.3 is 0 Å². The molecule has 4 nitrogen and oxygen atoms in total. The molecule has 31 heavy (non-hydrogen) atoms. The lowest BCUT2D eigenvalue weighted by molar-refractivity contribution is -0.137. The van der Waals surface area contributed by atoms with E-state index in [2.05, 4.69) is 5.32 Å². The zero-order chi connectivity index (χ0) is 22.1. The molecular weight excluding hydrogens is 408 g/mol. The summed E-state index contributed by atoms with van der Waals surface area (Å²) in [5, 5.41) is 3.82. The third-order valence-electron chi connectivity index (χ3n) is 5.41. The van der Waals surface area contributed by atoms with Crippen molar-refractivity contribution in [3.63, 3.8) is 0 Å². The van der Waals surface area contributed by atoms with E-state index >= 15 is 0 Å². The molecular formula is C26H23ClN2O2. The summed E-state index contributed by atoms with van der Waals surface area (Å²) < 4.78 is 0. The van der Waals surface area contributed by atoms with Crippen LogP contribution in [-0.2, 0) is 16.1 Å². The van der Waals surface area contributed by atoms with Gasteiger partial charge in [-0.3, -0.25) is 14.5 Å². The average Bonchev–Trinajstić information content (AvgIpc) is 2.97. The molecule has 0 spiro atoms. The minimum absolute atomic E-state index is 0.215. The van der Waals surface area contributed by atoms with Crippen LogP contribution >= 0.6 is 11.6 Å². The highest BCUT2D eigenvalue weighted by atomic mass is 35.5. The lowest BCUT2D eigenvalue weighted by Crippen LogP contribution is -2.32. The zero-order valence-electron chi connectivity index (χ0n) is 17.7. The van der Waals surface area contributed by atoms with Gasteiger partial charge in [-0.25, -0.2) is 0 Å². The van der Waals surface area contributed by atoms with Crippen LogP contribution in [0.15, 0.2) is 72.4 Å². The first kappa shape index (κ1) is 20.9. The quantitative estimate of drug-likeness (QED) is 0.531. The maximum absolute atomic E-state index is 13.4. The van der Waals surface area contributed by atoms with Gasteiger partial charge in [0.1, 0.15) is 5.70 Å². The second kappa shape index (κ2) is 8.40. The maximum Gasteiger partial charge on any atom is 0.278 e. The smallest absolute Gasteiger partial charge is 0.278 e. The predicted molar refractivity (Wildman–Crippen MR) is 125 cm³/mol. The first-order valence-electron chi connectivity index (χ1n) is 10.1. The molecule has 1 heterocycles. The van der Waals surface area contributed by atoms with Crippen molar-refractivity contribution >= 4 is 34.7 Å². The number of rotatable bonds is 5. The minimum atomic E-state index is -0.337. The van der Waals surface area contributed by atoms with Crippen LogP contribution in [0.1, 0.15) is 27.8 Å². The summed E-state index contributed by atoms with van der Waals surface area (Å²) in [6.45, 7) is 6.18. The molecule has 0 radical (unpaired) electrons. The van der Waals surface area contributed by atoms with Crippen LogP contribution in [0.5, 0.6) is 0 Å². The van der Waals surface area contributed by atoms with E-state index in [4.69, 9.17) is 11.6 Å². The summed E-state index contributed by atoms with van der Waals surface area (Å²) in [5.41, 5.74) is 6.18. The van der Waals surface area contributed by atoms with Gasteiger partial charge < -0.3 is 5.32 Å². The average molecular weight is 431 g/mol. The number of nitrogens with zero attached hydrogens (tertiary/aromatic N) is 1. The van der Waals surface area contributed by atoms with Gasteiger partial charge in [-0.2, -0.15) is 0 Å². The number of carbonyl (C=O) groups excluding carboxylic acids is 2. The van der Waals surface area contributed by atoms with Crippen LogP contribution in [0.25, 0.3) is 5.57 Å². The molecule has 3 aromatic carbocycles. The first-order chi connectivity index (χ1) is 14.8. The predicted octanol–water partition coefficient (Wildman–Crippen LogP) is 5.66. The number of anilines is 1. The molecule has 2 amide bonds. The summed E-state index contributed by atoms with van der Waals surface area (Å²) in [7, 11) is 0. The Bertz CT molecular complexity index is 1200. The fraction of sp³-hybridized carbons (Fsp3) is 0.154. The lowest BCUT2D eigenvalue weighted by atomic mass is 10.0. The number of aryl methyl sites for hydroxylation is 3. The van der Waals surface area contributed by atoms with Crippen LogP contribution in [-0.4, -0.2) is 16.7 Å². The van der Waals surface area contributed by atoms with E-state index in [9.17, 15) is 9.59 Å². The Balaban J connectivity index is 1.76. The van der Waals surface area contributed by atoms with Crippen LogP contribution in [0.4, 0.5) is 5.69 Å². The molecule has 4 rings (SSSR count). The highest BCUT2D eigenvalue weighted by Gasteiger charge is 2.39. The molecule has 0 unspecified atom stereocenters. The second-order valence-corrected chi connectivity index (χ2v) is 8.32. The van der Waals surface area contributed by atoms with Gasteiger partial charge in [0.2, 0.25) is 0 Å². The molecule has 0 saturated heterocycles. The summed E-state index contributed by atoms with van der Waals surface area (Å²) in [4.78, 5) is 28.1. The topological polar surface area (TPSA) is 49.4 Å². The van der Waals surface area contributed by atoms with Crippen molar-refractivity contribution in [2.24, 2.45) is 0 Å². The number of hydrogen-bond donors (Lipinski definition) is 1. The van der Waals surface area contributed by atoms with E-state index in [1.54, 1.807) is 24.3 Å². The van der Waals surface area contributed by atoms with Gasteiger partial charge in [0.25, 0.3) is 11.8 Å². The first-order valence-corrected chi connectivity index (χ1v) is 10.5. The Hall–Kier alpha value is -3.37. The van der Waals surface area contributed by atoms with Crippen molar-refractivity contribution in [2.45, 2.75) is 27.3 Å². The molecule has 0 aromatic heterocycles. The highest BCUT2D eigenvalue weighted by Crippen LogP contribution is 2.33. The number of amides is 2. The van der Waals surface area contributed by atoms with E-state index in [0.717, 1.165) is 27.9 Å². The Labute approximate surface area is 187 Å². The van der Waals surface area contributed by atoms with E-state index < -0.39 is 0 Å². The van der Waals surface area contributed by atoms with Crippen molar-refractivity contribution in [2.75, 3.05) is 5.32 Å². The maximum atomic E-state index is 13.4. The van der Waals surface area contributed by atoms with E-state index in [1.807, 2.05) is 63.2 Å². The summed E-state index contributed by atoms with van der Waals surface area (Å²) in [6.07, 6.45) is 0. The monoisotopic (exact) mass is 430 g/mol. The van der Waals surface area contributed by atoms with Crippen molar-refractivity contribution < 1.29 is 9.59 Å². The molecule has 1 N–H and O–H groups in total. The van der Waals surface area contributed by atoms with Crippen molar-refractivity contribution in [3.8, 4) is 0 Å². The fourth-order valence-corrected chi connectivity index (χ4v) is 3.73. The summed E-state index contributed by atoms with van der Waals surface area (Å²) >= 11 is 6.04. The number of imide groups is 1. The van der Waals surface area contributed by atoms with Crippen molar-refractivity contribution in [1.82, 2.24) is 4.90 Å². The molecule has 156 valence electrons. The summed E-state index contributed by atoms with van der Waals surface area (Å²) in [6, 6.07) is 20.8. The van der Waals surface area contributed by atoms with Gasteiger partial charge in [-0.05, 0) is 61.2 Å². The number of nitrogens with one attached hydrogen (secondary N) is 1. The molecule has 3 aromatic rings. The molecule has 0 bridgehead atoms. The van der Waals surface area contributed by atoms with Crippen LogP contribution in [0.2, 0.25) is 5.02 Å². The number of benzene rings is 3. The number of carbonyl (C=O) groups is 2. The zero-order valence-corrected chi connectivity index (χ0v) is 18.5. The van der Waals surface area contributed by atoms with Gasteiger partial charge in [0.05, 0.1) is 12.1 Å². The van der Waals surface area contributed by atoms with Crippen molar-refractivity contribution in [1.29, 1.82) is 0 Å². The molecule has 1 aliphatic heterocycles. The Morgan fingerprint density at radius 3 is 2.13 bits per heavy atom. The molecule has 0 saturated carbocycles. The Kier molecular flexibility index (Phi) is 5.66. The van der Waals surface area contributed by atoms with Gasteiger partial charge in [0.15, 0.2) is 0 Å². The molecule has 5 heteroatoms. The molecule has 0 aliphatic carbocycles. The van der Waals surface area contributed by atoms with Gasteiger partial charge in [0, 0.05) is 10.7 Å². The van der Waals surface area contributed by atoms with E-state index in [0.29, 0.717) is 16.2 Å². The number of hydrogen-bond acceptors (Lipinski definition) is 3. The third-order valence-corrected chi connectivity index (χ3v) is 5.67. The van der Waals surface area contributed by atoms with Gasteiger partial charge in [-0.1, -0.05) is 65.7 Å². The third kappa shape index (κ3) is 4.25. The van der Waals surface area contributed by atoms with Crippen LogP contribution in [0, 0.1) is 20.8 Å². The molecule has 0 atom stereocenters. The Morgan fingerprint density at radius 2 is 1.45 bits per heavy atom. The SMILES string of the molecule is Cc1ccc(CN2C(=O)C(Nc3cc(C)ccc3C)=C(c3ccc(Cl)cc3)C2=O)cc1. The second-order valence-electron chi connectivity index (χ2n) is 7.88.